The summed E-state index contributed by atoms with van der Waals surface area (Å²) in [6.45, 7) is 5.90. The van der Waals surface area contributed by atoms with Crippen molar-refractivity contribution < 1.29 is 19.4 Å². The average molecular weight is 493 g/mol. The minimum atomic E-state index is -0.680. The predicted molar refractivity (Wildman–Crippen MR) is 139 cm³/mol. The first-order valence-electron chi connectivity index (χ1n) is 11.8. The number of carbonyl (C=O) groups is 1. The van der Waals surface area contributed by atoms with Crippen LogP contribution >= 0.6 is 11.3 Å². The van der Waals surface area contributed by atoms with E-state index in [4.69, 9.17) is 9.47 Å². The molecule has 2 atom stereocenters. The van der Waals surface area contributed by atoms with Gasteiger partial charge in [0.05, 0.1) is 25.8 Å². The highest BCUT2D eigenvalue weighted by Gasteiger charge is 2.33. The van der Waals surface area contributed by atoms with Crippen molar-refractivity contribution in [2.75, 3.05) is 39.9 Å². The molecule has 1 amide bonds. The van der Waals surface area contributed by atoms with Crippen LogP contribution in [0.25, 0.3) is 0 Å². The van der Waals surface area contributed by atoms with Crippen molar-refractivity contribution in [1.29, 1.82) is 0 Å². The highest BCUT2D eigenvalue weighted by Crippen LogP contribution is 2.34. The zero-order valence-electron chi connectivity index (χ0n) is 20.0. The molecular weight excluding hydrogens is 460 g/mol. The zero-order valence-corrected chi connectivity index (χ0v) is 20.8. The number of carbonyl (C=O) groups excluding carboxylic acids is 1. The van der Waals surface area contributed by atoms with Gasteiger partial charge >= 0.3 is 0 Å². The number of amides is 1. The van der Waals surface area contributed by atoms with Crippen molar-refractivity contribution in [2.24, 2.45) is 0 Å². The van der Waals surface area contributed by atoms with Crippen LogP contribution in [0.4, 0.5) is 0 Å². The van der Waals surface area contributed by atoms with Gasteiger partial charge in [0.2, 0.25) is 5.91 Å². The summed E-state index contributed by atoms with van der Waals surface area (Å²) in [7, 11) is 1.63. The lowest BCUT2D eigenvalue weighted by molar-refractivity contribution is -0.136. The molecule has 0 saturated heterocycles. The van der Waals surface area contributed by atoms with Crippen molar-refractivity contribution in [1.82, 2.24) is 9.80 Å². The fraction of sp³-hybridized carbons (Fsp3) is 0.321. The van der Waals surface area contributed by atoms with Crippen LogP contribution in [0.1, 0.15) is 28.1 Å². The molecule has 7 heteroatoms. The van der Waals surface area contributed by atoms with E-state index in [2.05, 4.69) is 18.0 Å². The first-order valence-corrected chi connectivity index (χ1v) is 12.7. The number of hydrogen-bond donors (Lipinski definition) is 1. The van der Waals surface area contributed by atoms with Crippen LogP contribution in [0.5, 0.6) is 11.5 Å². The summed E-state index contributed by atoms with van der Waals surface area (Å²) in [6.07, 6.45) is 1.92. The Hall–Kier alpha value is -3.13. The predicted octanol–water partition coefficient (Wildman–Crippen LogP) is 4.48. The van der Waals surface area contributed by atoms with E-state index in [0.29, 0.717) is 32.0 Å². The summed E-state index contributed by atoms with van der Waals surface area (Å²) in [5.41, 5.74) is 1.98. The highest BCUT2D eigenvalue weighted by molar-refractivity contribution is 7.10. The summed E-state index contributed by atoms with van der Waals surface area (Å²) < 4.78 is 11.4. The Kier molecular flexibility index (Phi) is 8.58. The molecule has 0 saturated carbocycles. The second kappa shape index (κ2) is 12.0. The Morgan fingerprint density at radius 2 is 2.03 bits per heavy atom. The molecule has 1 aliphatic rings. The summed E-state index contributed by atoms with van der Waals surface area (Å²) in [6, 6.07) is 18.9. The van der Waals surface area contributed by atoms with Crippen LogP contribution in [-0.4, -0.2) is 60.7 Å². The third-order valence-corrected chi connectivity index (χ3v) is 7.22. The molecule has 35 heavy (non-hydrogen) atoms. The third kappa shape index (κ3) is 6.31. The van der Waals surface area contributed by atoms with Gasteiger partial charge in [0.1, 0.15) is 18.1 Å². The minimum absolute atomic E-state index is 0.0169. The van der Waals surface area contributed by atoms with Crippen molar-refractivity contribution in [3.63, 3.8) is 0 Å². The Morgan fingerprint density at radius 3 is 2.80 bits per heavy atom. The summed E-state index contributed by atoms with van der Waals surface area (Å²) in [5.74, 6) is 1.45. The lowest BCUT2D eigenvalue weighted by Gasteiger charge is -2.37. The van der Waals surface area contributed by atoms with Crippen molar-refractivity contribution in [2.45, 2.75) is 18.6 Å². The number of methoxy groups -OCH3 is 1. The molecule has 0 radical (unpaired) electrons. The van der Waals surface area contributed by atoms with Crippen LogP contribution in [0.15, 0.2) is 78.7 Å². The number of hydrogen-bond acceptors (Lipinski definition) is 6. The van der Waals surface area contributed by atoms with Crippen LogP contribution in [-0.2, 0) is 11.2 Å². The average Bonchev–Trinajstić information content (AvgIpc) is 3.37. The molecule has 2 heterocycles. The first kappa shape index (κ1) is 25.0. The third-order valence-electron chi connectivity index (χ3n) is 6.23. The van der Waals surface area contributed by atoms with Crippen molar-refractivity contribution in [3.05, 3.63) is 94.7 Å². The molecule has 4 rings (SSSR count). The van der Waals surface area contributed by atoms with Gasteiger partial charge in [-0.2, -0.15) is 0 Å². The van der Waals surface area contributed by atoms with E-state index in [0.717, 1.165) is 23.3 Å². The van der Waals surface area contributed by atoms with Crippen LogP contribution in [0.2, 0.25) is 0 Å². The molecule has 0 bridgehead atoms. The number of fused-ring (bicyclic) bond motifs is 1. The van der Waals surface area contributed by atoms with E-state index in [1.165, 1.54) is 4.88 Å². The standard InChI is InChI=1S/C28H32N2O4S/c1-3-14-29(18-26(31)21-8-5-4-6-9-21)19-28(32)30-15-12-27-24(13-16-35-27)25(30)20-34-23-11-7-10-22(17-23)33-2/h3-11,13,16-17,25-26,31H,1,12,14-15,18-20H2,2H3. The van der Waals surface area contributed by atoms with Gasteiger partial charge in [-0.1, -0.05) is 42.5 Å². The van der Waals surface area contributed by atoms with Crippen molar-refractivity contribution in [3.8, 4) is 11.5 Å². The maximum Gasteiger partial charge on any atom is 0.237 e. The summed E-state index contributed by atoms with van der Waals surface area (Å²) in [4.78, 5) is 18.7. The molecule has 3 aromatic rings. The normalized spacial score (nSPS) is 16.0. The Labute approximate surface area is 211 Å². The molecule has 6 nitrogen and oxygen atoms in total. The van der Waals surface area contributed by atoms with E-state index < -0.39 is 6.10 Å². The second-order valence-electron chi connectivity index (χ2n) is 8.55. The topological polar surface area (TPSA) is 62.2 Å². The Balaban J connectivity index is 1.47. The van der Waals surface area contributed by atoms with Gasteiger partial charge in [-0.05, 0) is 41.1 Å². The minimum Gasteiger partial charge on any atom is -0.497 e. The summed E-state index contributed by atoms with van der Waals surface area (Å²) >= 11 is 1.73. The van der Waals surface area contributed by atoms with Gasteiger partial charge in [-0.25, -0.2) is 0 Å². The van der Waals surface area contributed by atoms with Crippen LogP contribution in [0, 0.1) is 0 Å². The van der Waals surface area contributed by atoms with Crippen LogP contribution < -0.4 is 9.47 Å². The molecule has 1 aliphatic heterocycles. The molecule has 184 valence electrons. The Morgan fingerprint density at radius 1 is 1.23 bits per heavy atom. The smallest absolute Gasteiger partial charge is 0.237 e. The molecule has 2 aromatic carbocycles. The number of nitrogens with zero attached hydrogens (tertiary/aromatic N) is 2. The second-order valence-corrected chi connectivity index (χ2v) is 9.55. The maximum absolute atomic E-state index is 13.6. The SMILES string of the molecule is C=CCN(CC(=O)N1CCc2sccc2C1COc1cccc(OC)c1)CC(O)c1ccccc1. The van der Waals surface area contributed by atoms with E-state index in [1.54, 1.807) is 24.5 Å². The number of benzene rings is 2. The molecule has 1 N–H and O–H groups in total. The number of aliphatic hydroxyl groups excluding tert-OH is 1. The van der Waals surface area contributed by atoms with Crippen molar-refractivity contribution >= 4 is 17.2 Å². The van der Waals surface area contributed by atoms with Gasteiger partial charge in [0, 0.05) is 30.6 Å². The number of rotatable bonds is 11. The fourth-order valence-corrected chi connectivity index (χ4v) is 5.36. The molecular formula is C28H32N2O4S. The van der Waals surface area contributed by atoms with Gasteiger partial charge in [0.15, 0.2) is 0 Å². The number of thiophene rings is 1. The van der Waals surface area contributed by atoms with Gasteiger partial charge in [-0.15, -0.1) is 17.9 Å². The summed E-state index contributed by atoms with van der Waals surface area (Å²) in [5, 5.41) is 12.8. The monoisotopic (exact) mass is 492 g/mol. The van der Waals surface area contributed by atoms with E-state index >= 15 is 0 Å². The number of ether oxygens (including phenoxy) is 2. The largest absolute Gasteiger partial charge is 0.497 e. The van der Waals surface area contributed by atoms with E-state index in [9.17, 15) is 9.90 Å². The van der Waals surface area contributed by atoms with Crippen LogP contribution in [0.3, 0.4) is 0 Å². The zero-order chi connectivity index (χ0) is 24.6. The molecule has 0 fully saturated rings. The maximum atomic E-state index is 13.6. The highest BCUT2D eigenvalue weighted by atomic mass is 32.1. The number of aliphatic hydroxyl groups is 1. The quantitative estimate of drug-likeness (QED) is 0.400. The molecule has 0 spiro atoms. The molecule has 1 aromatic heterocycles. The fourth-order valence-electron chi connectivity index (χ4n) is 4.43. The lowest BCUT2D eigenvalue weighted by Crippen LogP contribution is -2.47. The molecule has 2 unspecified atom stereocenters. The first-order chi connectivity index (χ1) is 17.1. The van der Waals surface area contributed by atoms with Gasteiger partial charge in [0.25, 0.3) is 0 Å². The Bertz CT molecular complexity index is 1120. The van der Waals surface area contributed by atoms with E-state index in [-0.39, 0.29) is 18.5 Å². The molecule has 0 aliphatic carbocycles. The van der Waals surface area contributed by atoms with Gasteiger partial charge in [-0.3, -0.25) is 9.69 Å². The lowest BCUT2D eigenvalue weighted by atomic mass is 10.0. The van der Waals surface area contributed by atoms with E-state index in [1.807, 2.05) is 64.4 Å². The van der Waals surface area contributed by atoms with Gasteiger partial charge < -0.3 is 19.5 Å².